The molecule has 0 N–H and O–H groups in total. The van der Waals surface area contributed by atoms with E-state index in [0.717, 1.165) is 5.56 Å². The van der Waals surface area contributed by atoms with Crippen LogP contribution in [-0.2, 0) is 0 Å². The average Bonchev–Trinajstić information content (AvgIpc) is 2.85. The second-order valence-electron chi connectivity index (χ2n) is 4.54. The van der Waals surface area contributed by atoms with Gasteiger partial charge in [0.05, 0.1) is 5.56 Å². The fourth-order valence-electron chi connectivity index (χ4n) is 2.12. The van der Waals surface area contributed by atoms with E-state index >= 15 is 0 Å². The maximum absolute atomic E-state index is 14.0. The molecular weight excluding hydrogens is 371 g/mol. The van der Waals surface area contributed by atoms with E-state index in [2.05, 4.69) is 21.0 Å². The monoisotopic (exact) mass is 378 g/mol. The molecule has 0 aliphatic carbocycles. The van der Waals surface area contributed by atoms with Crippen LogP contribution in [0.3, 0.4) is 0 Å². The Balaban J connectivity index is 2.21. The number of halogens is 3. The molecular formula is C16H9BrClFN2O. The van der Waals surface area contributed by atoms with E-state index in [-0.39, 0.29) is 5.69 Å². The highest BCUT2D eigenvalue weighted by atomic mass is 79.9. The third-order valence-corrected chi connectivity index (χ3v) is 4.19. The zero-order valence-corrected chi connectivity index (χ0v) is 13.5. The Bertz CT molecular complexity index is 846. The average molecular weight is 380 g/mol. The van der Waals surface area contributed by atoms with Gasteiger partial charge in [0.1, 0.15) is 21.8 Å². The first-order valence-electron chi connectivity index (χ1n) is 6.36. The van der Waals surface area contributed by atoms with Gasteiger partial charge in [0.25, 0.3) is 0 Å². The van der Waals surface area contributed by atoms with Gasteiger partial charge in [-0.15, -0.1) is 0 Å². The minimum absolute atomic E-state index is 0.262. The Morgan fingerprint density at radius 3 is 2.45 bits per heavy atom. The van der Waals surface area contributed by atoms with Crippen LogP contribution in [-0.4, -0.2) is 16.1 Å². The highest BCUT2D eigenvalue weighted by molar-refractivity contribution is 9.10. The van der Waals surface area contributed by atoms with Crippen molar-refractivity contribution < 1.29 is 9.18 Å². The number of para-hydroxylation sites is 1. The number of benzene rings is 2. The van der Waals surface area contributed by atoms with Crippen LogP contribution in [0, 0.1) is 5.82 Å². The second kappa shape index (κ2) is 6.02. The first-order valence-corrected chi connectivity index (χ1v) is 7.53. The molecule has 0 radical (unpaired) electrons. The zero-order valence-electron chi connectivity index (χ0n) is 11.1. The van der Waals surface area contributed by atoms with E-state index in [1.165, 1.54) is 10.7 Å². The highest BCUT2D eigenvalue weighted by Gasteiger charge is 2.19. The summed E-state index contributed by atoms with van der Waals surface area (Å²) in [7, 11) is 0. The van der Waals surface area contributed by atoms with Crippen LogP contribution >= 0.6 is 27.5 Å². The van der Waals surface area contributed by atoms with Crippen molar-refractivity contribution in [2.75, 3.05) is 0 Å². The van der Waals surface area contributed by atoms with Gasteiger partial charge >= 0.3 is 0 Å². The van der Waals surface area contributed by atoms with Crippen LogP contribution in [0.5, 0.6) is 0 Å². The topological polar surface area (TPSA) is 34.9 Å². The first-order chi connectivity index (χ1) is 10.6. The lowest BCUT2D eigenvalue weighted by atomic mass is 10.1. The number of hydrogen-bond donors (Lipinski definition) is 0. The smallest absolute Gasteiger partial charge is 0.155 e. The minimum Gasteiger partial charge on any atom is -0.298 e. The molecule has 0 aliphatic heterocycles. The predicted molar refractivity (Wildman–Crippen MR) is 87.1 cm³/mol. The molecule has 22 heavy (non-hydrogen) atoms. The van der Waals surface area contributed by atoms with Crippen molar-refractivity contribution in [3.63, 3.8) is 0 Å². The molecule has 0 fully saturated rings. The van der Waals surface area contributed by atoms with Gasteiger partial charge in [-0.2, -0.15) is 5.10 Å². The highest BCUT2D eigenvalue weighted by Crippen LogP contribution is 2.31. The van der Waals surface area contributed by atoms with Crippen LogP contribution in [0.4, 0.5) is 4.39 Å². The summed E-state index contributed by atoms with van der Waals surface area (Å²) in [6, 6.07) is 13.2. The number of carbonyl (C=O) groups is 1. The van der Waals surface area contributed by atoms with E-state index in [0.29, 0.717) is 27.2 Å². The third kappa shape index (κ3) is 2.58. The van der Waals surface area contributed by atoms with Crippen molar-refractivity contribution in [1.82, 2.24) is 9.78 Å². The van der Waals surface area contributed by atoms with Gasteiger partial charge in [-0.05, 0) is 40.2 Å². The lowest BCUT2D eigenvalue weighted by molar-refractivity contribution is 0.112. The Kier molecular flexibility index (Phi) is 4.09. The van der Waals surface area contributed by atoms with Crippen LogP contribution < -0.4 is 0 Å². The summed E-state index contributed by atoms with van der Waals surface area (Å²) in [6.45, 7) is 0. The molecule has 0 atom stereocenters. The molecule has 0 spiro atoms. The van der Waals surface area contributed by atoms with Crippen molar-refractivity contribution in [1.29, 1.82) is 0 Å². The van der Waals surface area contributed by atoms with Crippen LogP contribution in [0.1, 0.15) is 10.4 Å². The fourth-order valence-corrected chi connectivity index (χ4v) is 2.80. The summed E-state index contributed by atoms with van der Waals surface area (Å²) in [5, 5.41) is 4.95. The molecule has 0 bridgehead atoms. The van der Waals surface area contributed by atoms with E-state index in [4.69, 9.17) is 11.6 Å². The van der Waals surface area contributed by atoms with Crippen LogP contribution in [0.15, 0.2) is 53.1 Å². The lowest BCUT2D eigenvalue weighted by Gasteiger charge is -2.04. The standard InChI is InChI=1S/C16H9BrClFN2O/c17-16-12(9-22)15(10-5-7-11(18)8-6-10)20-21(16)14-4-2-1-3-13(14)19/h1-9H. The molecule has 110 valence electrons. The van der Waals surface area contributed by atoms with Crippen molar-refractivity contribution in [3.8, 4) is 16.9 Å². The Morgan fingerprint density at radius 2 is 1.82 bits per heavy atom. The first kappa shape index (κ1) is 14.9. The molecule has 1 heterocycles. The lowest BCUT2D eigenvalue weighted by Crippen LogP contribution is -2.00. The van der Waals surface area contributed by atoms with Gasteiger partial charge in [0.15, 0.2) is 6.29 Å². The number of carbonyl (C=O) groups excluding carboxylic acids is 1. The predicted octanol–water partition coefficient (Wildman–Crippen LogP) is 4.91. The molecule has 3 aromatic rings. The maximum atomic E-state index is 14.0. The minimum atomic E-state index is -0.425. The summed E-state index contributed by atoms with van der Waals surface area (Å²) < 4.78 is 15.7. The van der Waals surface area contributed by atoms with Crippen molar-refractivity contribution in [2.24, 2.45) is 0 Å². The molecule has 0 amide bonds. The fraction of sp³-hybridized carbons (Fsp3) is 0. The third-order valence-electron chi connectivity index (χ3n) is 3.18. The molecule has 0 unspecified atom stereocenters. The van der Waals surface area contributed by atoms with Crippen molar-refractivity contribution in [2.45, 2.75) is 0 Å². The number of aldehydes is 1. The van der Waals surface area contributed by atoms with E-state index in [9.17, 15) is 9.18 Å². The molecule has 6 heteroatoms. The van der Waals surface area contributed by atoms with Gasteiger partial charge in [-0.3, -0.25) is 4.79 Å². The van der Waals surface area contributed by atoms with E-state index in [1.54, 1.807) is 42.5 Å². The Labute approximate surface area is 139 Å². The summed E-state index contributed by atoms with van der Waals surface area (Å²) in [5.41, 5.74) is 1.80. The van der Waals surface area contributed by atoms with Gasteiger partial charge in [-0.1, -0.05) is 35.9 Å². The molecule has 1 aromatic heterocycles. The molecule has 3 rings (SSSR count). The van der Waals surface area contributed by atoms with Gasteiger partial charge in [0, 0.05) is 10.6 Å². The normalized spacial score (nSPS) is 10.7. The van der Waals surface area contributed by atoms with Gasteiger partial charge < -0.3 is 0 Å². The Morgan fingerprint density at radius 1 is 1.14 bits per heavy atom. The summed E-state index contributed by atoms with van der Waals surface area (Å²) in [4.78, 5) is 11.4. The second-order valence-corrected chi connectivity index (χ2v) is 5.73. The van der Waals surface area contributed by atoms with Gasteiger partial charge in [-0.25, -0.2) is 9.07 Å². The molecule has 3 nitrogen and oxygen atoms in total. The summed E-state index contributed by atoms with van der Waals surface area (Å²) in [6.07, 6.45) is 0.693. The largest absolute Gasteiger partial charge is 0.298 e. The van der Waals surface area contributed by atoms with E-state index < -0.39 is 5.82 Å². The SMILES string of the molecule is O=Cc1c(-c2ccc(Cl)cc2)nn(-c2ccccc2F)c1Br. The summed E-state index contributed by atoms with van der Waals surface area (Å²) >= 11 is 9.19. The maximum Gasteiger partial charge on any atom is 0.155 e. The quantitative estimate of drug-likeness (QED) is 0.606. The molecule has 0 aliphatic rings. The number of rotatable bonds is 3. The van der Waals surface area contributed by atoms with Crippen molar-refractivity contribution >= 4 is 33.8 Å². The number of hydrogen-bond acceptors (Lipinski definition) is 2. The Hall–Kier alpha value is -1.98. The number of aromatic nitrogens is 2. The van der Waals surface area contributed by atoms with Gasteiger partial charge in [0.2, 0.25) is 0 Å². The van der Waals surface area contributed by atoms with Crippen molar-refractivity contribution in [3.05, 3.63) is 69.5 Å². The van der Waals surface area contributed by atoms with Crippen LogP contribution in [0.2, 0.25) is 5.02 Å². The zero-order chi connectivity index (χ0) is 15.7. The molecule has 0 saturated heterocycles. The molecule has 0 saturated carbocycles. The summed E-state index contributed by atoms with van der Waals surface area (Å²) in [5.74, 6) is -0.425. The van der Waals surface area contributed by atoms with E-state index in [1.807, 2.05) is 0 Å². The molecule has 2 aromatic carbocycles. The number of nitrogens with zero attached hydrogens (tertiary/aromatic N) is 2. The van der Waals surface area contributed by atoms with Crippen LogP contribution in [0.25, 0.3) is 16.9 Å².